The monoisotopic (exact) mass is 276 g/mol. The molecule has 1 rings (SSSR count). The van der Waals surface area contributed by atoms with Crippen LogP contribution in [0.1, 0.15) is 46.5 Å². The highest BCUT2D eigenvalue weighted by molar-refractivity contribution is 7.89. The normalized spacial score (nSPS) is 20.2. The fourth-order valence-electron chi connectivity index (χ4n) is 2.44. The summed E-state index contributed by atoms with van der Waals surface area (Å²) in [5.41, 5.74) is 0. The molecule has 1 unspecified atom stereocenters. The van der Waals surface area contributed by atoms with Crippen LogP contribution in [-0.4, -0.2) is 44.2 Å². The van der Waals surface area contributed by atoms with Crippen molar-refractivity contribution in [3.05, 3.63) is 0 Å². The molecule has 1 atom stereocenters. The molecule has 1 fully saturated rings. The molecule has 0 radical (unpaired) electrons. The Morgan fingerprint density at radius 1 is 1.28 bits per heavy atom. The molecule has 4 nitrogen and oxygen atoms in total. The minimum absolute atomic E-state index is 0.209. The second-order valence-electron chi connectivity index (χ2n) is 5.38. The zero-order valence-corrected chi connectivity index (χ0v) is 12.8. The van der Waals surface area contributed by atoms with Crippen molar-refractivity contribution in [2.75, 3.05) is 25.4 Å². The third-order valence-corrected chi connectivity index (χ3v) is 5.89. The molecule has 108 valence electrons. The Bertz CT molecular complexity index is 324. The van der Waals surface area contributed by atoms with Gasteiger partial charge in [0, 0.05) is 12.6 Å². The zero-order chi connectivity index (χ0) is 13.6. The average molecular weight is 276 g/mol. The SMILES string of the molecule is CCCN(C1CCNCC1)S(=O)(=O)CC(C)CC. The van der Waals surface area contributed by atoms with Gasteiger partial charge in [-0.05, 0) is 38.3 Å². The van der Waals surface area contributed by atoms with E-state index in [1.807, 2.05) is 13.8 Å². The van der Waals surface area contributed by atoms with Crippen LogP contribution in [0, 0.1) is 5.92 Å². The highest BCUT2D eigenvalue weighted by Gasteiger charge is 2.30. The maximum absolute atomic E-state index is 12.5. The van der Waals surface area contributed by atoms with E-state index >= 15 is 0 Å². The van der Waals surface area contributed by atoms with Crippen LogP contribution in [-0.2, 0) is 10.0 Å². The van der Waals surface area contributed by atoms with E-state index in [1.165, 1.54) is 0 Å². The number of hydrogen-bond donors (Lipinski definition) is 1. The summed E-state index contributed by atoms with van der Waals surface area (Å²) in [5, 5.41) is 3.29. The molecule has 0 spiro atoms. The Morgan fingerprint density at radius 2 is 1.89 bits per heavy atom. The molecule has 0 amide bonds. The quantitative estimate of drug-likeness (QED) is 0.772. The standard InChI is InChI=1S/C13H28N2O2S/c1-4-10-15(13-6-8-14-9-7-13)18(16,17)11-12(3)5-2/h12-14H,4-11H2,1-3H3. The molecule has 0 bridgehead atoms. The summed E-state index contributed by atoms with van der Waals surface area (Å²) in [6, 6.07) is 0.209. The molecule has 0 aliphatic carbocycles. The summed E-state index contributed by atoms with van der Waals surface area (Å²) in [5.74, 6) is 0.545. The molecule has 0 aromatic heterocycles. The van der Waals surface area contributed by atoms with Gasteiger partial charge in [-0.25, -0.2) is 8.42 Å². The Morgan fingerprint density at radius 3 is 2.39 bits per heavy atom. The van der Waals surface area contributed by atoms with Crippen LogP contribution >= 0.6 is 0 Å². The summed E-state index contributed by atoms with van der Waals surface area (Å²) >= 11 is 0. The van der Waals surface area contributed by atoms with Gasteiger partial charge in [-0.1, -0.05) is 27.2 Å². The molecular formula is C13H28N2O2S. The van der Waals surface area contributed by atoms with E-state index in [-0.39, 0.29) is 12.0 Å². The van der Waals surface area contributed by atoms with Gasteiger partial charge in [0.05, 0.1) is 5.75 Å². The van der Waals surface area contributed by atoms with E-state index in [9.17, 15) is 8.42 Å². The van der Waals surface area contributed by atoms with Gasteiger partial charge < -0.3 is 5.32 Å². The molecule has 1 aliphatic heterocycles. The van der Waals surface area contributed by atoms with Crippen LogP contribution in [0.5, 0.6) is 0 Å². The third kappa shape index (κ3) is 4.52. The van der Waals surface area contributed by atoms with Crippen molar-refractivity contribution in [1.82, 2.24) is 9.62 Å². The molecule has 0 saturated carbocycles. The lowest BCUT2D eigenvalue weighted by atomic mass is 10.1. The van der Waals surface area contributed by atoms with Gasteiger partial charge in [0.2, 0.25) is 10.0 Å². The highest BCUT2D eigenvalue weighted by atomic mass is 32.2. The Labute approximate surface area is 112 Å². The van der Waals surface area contributed by atoms with Crippen molar-refractivity contribution in [2.45, 2.75) is 52.5 Å². The summed E-state index contributed by atoms with van der Waals surface area (Å²) in [7, 11) is -3.09. The molecule has 1 N–H and O–H groups in total. The van der Waals surface area contributed by atoms with Crippen LogP contribution in [0.3, 0.4) is 0 Å². The van der Waals surface area contributed by atoms with Gasteiger partial charge in [0.25, 0.3) is 0 Å². The second-order valence-corrected chi connectivity index (χ2v) is 7.35. The Balaban J connectivity index is 2.75. The Kier molecular flexibility index (Phi) is 6.60. The molecule has 18 heavy (non-hydrogen) atoms. The molecule has 1 aliphatic rings. The average Bonchev–Trinajstić information content (AvgIpc) is 2.36. The zero-order valence-electron chi connectivity index (χ0n) is 12.0. The number of nitrogens with one attached hydrogen (secondary N) is 1. The molecule has 1 heterocycles. The number of piperidine rings is 1. The lowest BCUT2D eigenvalue weighted by Gasteiger charge is -2.34. The maximum atomic E-state index is 12.5. The van der Waals surface area contributed by atoms with Crippen molar-refractivity contribution in [3.63, 3.8) is 0 Å². The smallest absolute Gasteiger partial charge is 0.214 e. The van der Waals surface area contributed by atoms with E-state index in [4.69, 9.17) is 0 Å². The van der Waals surface area contributed by atoms with Crippen LogP contribution in [0.25, 0.3) is 0 Å². The first-order valence-electron chi connectivity index (χ1n) is 7.21. The van der Waals surface area contributed by atoms with Crippen molar-refractivity contribution < 1.29 is 8.42 Å². The summed E-state index contributed by atoms with van der Waals surface area (Å²) in [6.07, 6.45) is 3.70. The van der Waals surface area contributed by atoms with E-state index in [2.05, 4.69) is 12.2 Å². The summed E-state index contributed by atoms with van der Waals surface area (Å²) in [6.45, 7) is 8.66. The largest absolute Gasteiger partial charge is 0.317 e. The lowest BCUT2D eigenvalue weighted by molar-refractivity contribution is 0.261. The maximum Gasteiger partial charge on any atom is 0.214 e. The van der Waals surface area contributed by atoms with E-state index in [1.54, 1.807) is 4.31 Å². The lowest BCUT2D eigenvalue weighted by Crippen LogP contribution is -2.47. The van der Waals surface area contributed by atoms with Crippen molar-refractivity contribution in [2.24, 2.45) is 5.92 Å². The van der Waals surface area contributed by atoms with Crippen molar-refractivity contribution in [3.8, 4) is 0 Å². The second kappa shape index (κ2) is 7.46. The number of rotatable bonds is 7. The van der Waals surface area contributed by atoms with E-state index in [0.717, 1.165) is 38.8 Å². The van der Waals surface area contributed by atoms with E-state index < -0.39 is 10.0 Å². The molecule has 0 aromatic carbocycles. The third-order valence-electron chi connectivity index (χ3n) is 3.71. The number of sulfonamides is 1. The van der Waals surface area contributed by atoms with Gasteiger partial charge in [-0.3, -0.25) is 0 Å². The van der Waals surface area contributed by atoms with Crippen LogP contribution < -0.4 is 5.32 Å². The van der Waals surface area contributed by atoms with Gasteiger partial charge >= 0.3 is 0 Å². The van der Waals surface area contributed by atoms with Crippen LogP contribution in [0.2, 0.25) is 0 Å². The minimum atomic E-state index is -3.09. The highest BCUT2D eigenvalue weighted by Crippen LogP contribution is 2.19. The van der Waals surface area contributed by atoms with Gasteiger partial charge in [0.1, 0.15) is 0 Å². The van der Waals surface area contributed by atoms with E-state index in [0.29, 0.717) is 12.3 Å². The fourth-order valence-corrected chi connectivity index (χ4v) is 4.71. The van der Waals surface area contributed by atoms with Gasteiger partial charge in [-0.2, -0.15) is 4.31 Å². The summed E-state index contributed by atoms with van der Waals surface area (Å²) in [4.78, 5) is 0. The topological polar surface area (TPSA) is 49.4 Å². The molecule has 5 heteroatoms. The molecule has 0 aromatic rings. The predicted molar refractivity (Wildman–Crippen MR) is 76.1 cm³/mol. The first kappa shape index (κ1) is 15.9. The minimum Gasteiger partial charge on any atom is -0.317 e. The summed E-state index contributed by atoms with van der Waals surface area (Å²) < 4.78 is 26.8. The molecule has 1 saturated heterocycles. The van der Waals surface area contributed by atoms with Crippen molar-refractivity contribution in [1.29, 1.82) is 0 Å². The van der Waals surface area contributed by atoms with Gasteiger partial charge in [-0.15, -0.1) is 0 Å². The van der Waals surface area contributed by atoms with Gasteiger partial charge in [0.15, 0.2) is 0 Å². The number of nitrogens with zero attached hydrogens (tertiary/aromatic N) is 1. The first-order valence-corrected chi connectivity index (χ1v) is 8.82. The van der Waals surface area contributed by atoms with Crippen LogP contribution in [0.15, 0.2) is 0 Å². The van der Waals surface area contributed by atoms with Crippen molar-refractivity contribution >= 4 is 10.0 Å². The van der Waals surface area contributed by atoms with Crippen LogP contribution in [0.4, 0.5) is 0 Å². The fraction of sp³-hybridized carbons (Fsp3) is 1.00. The molecular weight excluding hydrogens is 248 g/mol. The first-order chi connectivity index (χ1) is 8.51. The number of hydrogen-bond acceptors (Lipinski definition) is 3. The predicted octanol–water partition coefficient (Wildman–Crippen LogP) is 1.83. The Hall–Kier alpha value is -0.130.